The van der Waals surface area contributed by atoms with Crippen LogP contribution in [0.3, 0.4) is 0 Å². The van der Waals surface area contributed by atoms with Gasteiger partial charge in [0.25, 0.3) is 0 Å². The first kappa shape index (κ1) is 26.1. The molecule has 0 radical (unpaired) electrons. The number of ether oxygens (including phenoxy) is 2. The minimum atomic E-state index is -1.77. The van der Waals surface area contributed by atoms with E-state index in [9.17, 15) is 24.6 Å². The van der Waals surface area contributed by atoms with E-state index in [1.165, 1.54) is 0 Å². The van der Waals surface area contributed by atoms with Crippen molar-refractivity contribution in [3.63, 3.8) is 0 Å². The van der Waals surface area contributed by atoms with Crippen molar-refractivity contribution in [2.24, 2.45) is 5.92 Å². The lowest BCUT2D eigenvalue weighted by atomic mass is 9.82. The van der Waals surface area contributed by atoms with Crippen LogP contribution in [0.4, 0.5) is 0 Å². The number of carboxylic acids is 1. The Morgan fingerprint density at radius 3 is 2.14 bits per heavy atom. The quantitative estimate of drug-likeness (QED) is 0.283. The van der Waals surface area contributed by atoms with E-state index in [-0.39, 0.29) is 31.7 Å². The minimum Gasteiger partial charge on any atom is -0.494 e. The normalized spacial score (nSPS) is 20.8. The molecule has 3 aromatic carbocycles. The Morgan fingerprint density at radius 1 is 0.865 bits per heavy atom. The number of benzene rings is 3. The lowest BCUT2D eigenvalue weighted by Crippen LogP contribution is -2.45. The number of ketones is 1. The van der Waals surface area contributed by atoms with E-state index < -0.39 is 36.0 Å². The molecule has 0 heterocycles. The highest BCUT2D eigenvalue weighted by Gasteiger charge is 2.53. The summed E-state index contributed by atoms with van der Waals surface area (Å²) >= 11 is 0. The average Bonchev–Trinajstić information content (AvgIpc) is 3.22. The van der Waals surface area contributed by atoms with Crippen LogP contribution in [-0.4, -0.2) is 46.2 Å². The fourth-order valence-electron chi connectivity index (χ4n) is 4.90. The zero-order valence-corrected chi connectivity index (χ0v) is 20.4. The van der Waals surface area contributed by atoms with Gasteiger partial charge in [-0.3, -0.25) is 9.59 Å². The van der Waals surface area contributed by atoms with Crippen LogP contribution in [0.2, 0.25) is 0 Å². The Hall–Kier alpha value is -3.97. The van der Waals surface area contributed by atoms with Crippen molar-refractivity contribution in [3.05, 3.63) is 90.5 Å². The van der Waals surface area contributed by atoms with Crippen molar-refractivity contribution in [1.82, 2.24) is 0 Å². The molecule has 1 aliphatic rings. The molecule has 0 spiro atoms. The number of carbonyl (C=O) groups is 3. The molecule has 1 fully saturated rings. The van der Waals surface area contributed by atoms with Crippen LogP contribution >= 0.6 is 0 Å². The second kappa shape index (κ2) is 11.8. The molecule has 0 bridgehead atoms. The van der Waals surface area contributed by atoms with Crippen LogP contribution in [0.1, 0.15) is 42.5 Å². The number of carboxylic acid groups (broad SMARTS) is 1. The smallest absolute Gasteiger partial charge is 0.338 e. The average molecular weight is 503 g/mol. The van der Waals surface area contributed by atoms with Gasteiger partial charge in [-0.15, -0.1) is 0 Å². The van der Waals surface area contributed by atoms with Gasteiger partial charge < -0.3 is 19.7 Å². The van der Waals surface area contributed by atoms with Crippen LogP contribution in [0.5, 0.6) is 5.75 Å². The number of para-hydroxylation sites is 1. The zero-order chi connectivity index (χ0) is 26.3. The molecule has 0 aliphatic heterocycles. The monoisotopic (exact) mass is 502 g/mol. The van der Waals surface area contributed by atoms with Gasteiger partial charge in [0.15, 0.2) is 0 Å². The molecule has 0 amide bonds. The molecule has 0 unspecified atom stereocenters. The predicted molar refractivity (Wildman–Crippen MR) is 137 cm³/mol. The summed E-state index contributed by atoms with van der Waals surface area (Å²) in [5, 5.41) is 20.5. The highest BCUT2D eigenvalue weighted by molar-refractivity contribution is 5.91. The summed E-state index contributed by atoms with van der Waals surface area (Å²) in [4.78, 5) is 37.5. The van der Waals surface area contributed by atoms with Gasteiger partial charge in [-0.1, -0.05) is 60.7 Å². The molecule has 2 N–H and O–H groups in total. The standard InChI is InChI=1S/C30H30O7/c31-25(12-7-19-36-24-10-5-2-6-11-24)28-26(17-18-30(28,35)20-27(32)33)37-29(34)23-15-13-22(14-16-23)21-8-3-1-4-9-21/h1-6,8-11,13-16,26,28,35H,7,12,17-20H2,(H,32,33)/t26-,28+,30+/m0/s1. The second-order valence-electron chi connectivity index (χ2n) is 9.31. The van der Waals surface area contributed by atoms with Crippen LogP contribution in [0.25, 0.3) is 11.1 Å². The van der Waals surface area contributed by atoms with Crippen LogP contribution in [0.15, 0.2) is 84.9 Å². The lowest BCUT2D eigenvalue weighted by Gasteiger charge is -2.30. The predicted octanol–water partition coefficient (Wildman–Crippen LogP) is 4.92. The third-order valence-electron chi connectivity index (χ3n) is 6.68. The molecular formula is C30H30O7. The number of aliphatic carboxylic acids is 1. The molecule has 3 aromatic rings. The summed E-state index contributed by atoms with van der Waals surface area (Å²) in [6.07, 6.45) is -0.790. The first-order valence-electron chi connectivity index (χ1n) is 12.4. The minimum absolute atomic E-state index is 0.0567. The Kier molecular flexibility index (Phi) is 8.36. The Labute approximate surface area is 215 Å². The lowest BCUT2D eigenvalue weighted by molar-refractivity contribution is -0.148. The highest BCUT2D eigenvalue weighted by Crippen LogP contribution is 2.42. The molecule has 1 saturated carbocycles. The summed E-state index contributed by atoms with van der Waals surface area (Å²) < 4.78 is 11.3. The molecule has 0 aromatic heterocycles. The molecule has 1 aliphatic carbocycles. The third kappa shape index (κ3) is 6.62. The van der Waals surface area contributed by atoms with E-state index in [4.69, 9.17) is 9.47 Å². The van der Waals surface area contributed by atoms with E-state index >= 15 is 0 Å². The van der Waals surface area contributed by atoms with E-state index in [1.807, 2.05) is 72.8 Å². The number of esters is 1. The van der Waals surface area contributed by atoms with E-state index in [0.29, 0.717) is 17.7 Å². The number of rotatable bonds is 11. The van der Waals surface area contributed by atoms with Crippen LogP contribution in [0, 0.1) is 5.92 Å². The molecule has 7 nitrogen and oxygen atoms in total. The number of carbonyl (C=O) groups excluding carboxylic acids is 2. The number of hydrogen-bond donors (Lipinski definition) is 2. The zero-order valence-electron chi connectivity index (χ0n) is 20.4. The van der Waals surface area contributed by atoms with Crippen LogP contribution in [-0.2, 0) is 14.3 Å². The Bertz CT molecular complexity index is 1210. The molecule has 3 atom stereocenters. The van der Waals surface area contributed by atoms with Crippen molar-refractivity contribution < 1.29 is 34.1 Å². The summed E-state index contributed by atoms with van der Waals surface area (Å²) in [6.45, 7) is 0.290. The SMILES string of the molecule is O=C(O)C[C@]1(O)CC[C@H](OC(=O)c2ccc(-c3ccccc3)cc2)[C@H]1C(=O)CCCOc1ccccc1. The molecule has 7 heteroatoms. The molecule has 192 valence electrons. The Morgan fingerprint density at radius 2 is 1.49 bits per heavy atom. The summed E-state index contributed by atoms with van der Waals surface area (Å²) in [7, 11) is 0. The van der Waals surface area contributed by atoms with Gasteiger partial charge in [0.05, 0.1) is 30.1 Å². The van der Waals surface area contributed by atoms with Gasteiger partial charge in [-0.2, -0.15) is 0 Å². The van der Waals surface area contributed by atoms with Crippen molar-refractivity contribution in [2.75, 3.05) is 6.61 Å². The van der Waals surface area contributed by atoms with Crippen molar-refractivity contribution in [2.45, 2.75) is 43.8 Å². The fourth-order valence-corrected chi connectivity index (χ4v) is 4.90. The topological polar surface area (TPSA) is 110 Å². The molecule has 4 rings (SSSR count). The maximum atomic E-state index is 13.2. The third-order valence-corrected chi connectivity index (χ3v) is 6.68. The first-order chi connectivity index (χ1) is 17.9. The van der Waals surface area contributed by atoms with Crippen molar-refractivity contribution >= 4 is 17.7 Å². The maximum absolute atomic E-state index is 13.2. The van der Waals surface area contributed by atoms with E-state index in [2.05, 4.69) is 0 Å². The maximum Gasteiger partial charge on any atom is 0.338 e. The van der Waals surface area contributed by atoms with Gasteiger partial charge in [0.2, 0.25) is 0 Å². The van der Waals surface area contributed by atoms with Gasteiger partial charge in [-0.25, -0.2) is 4.79 Å². The number of hydrogen-bond acceptors (Lipinski definition) is 6. The number of Topliss-reactive ketones (excluding diaryl/α,β-unsaturated/α-hetero) is 1. The molecule has 0 saturated heterocycles. The van der Waals surface area contributed by atoms with Gasteiger partial charge >= 0.3 is 11.9 Å². The Balaban J connectivity index is 1.41. The van der Waals surface area contributed by atoms with E-state index in [1.54, 1.807) is 12.1 Å². The van der Waals surface area contributed by atoms with Crippen molar-refractivity contribution in [1.29, 1.82) is 0 Å². The van der Waals surface area contributed by atoms with Crippen molar-refractivity contribution in [3.8, 4) is 16.9 Å². The fraction of sp³-hybridized carbons (Fsp3) is 0.300. The summed E-state index contributed by atoms with van der Waals surface area (Å²) in [5.41, 5.74) is 0.500. The van der Waals surface area contributed by atoms with Crippen LogP contribution < -0.4 is 4.74 Å². The first-order valence-corrected chi connectivity index (χ1v) is 12.4. The molecule has 37 heavy (non-hydrogen) atoms. The summed E-state index contributed by atoms with van der Waals surface area (Å²) in [6, 6.07) is 25.9. The number of aliphatic hydroxyl groups is 1. The molecular weight excluding hydrogens is 472 g/mol. The van der Waals surface area contributed by atoms with Gasteiger partial charge in [0.1, 0.15) is 17.6 Å². The summed E-state index contributed by atoms with van der Waals surface area (Å²) in [5.74, 6) is -2.60. The van der Waals surface area contributed by atoms with Gasteiger partial charge in [-0.05, 0) is 54.7 Å². The van der Waals surface area contributed by atoms with E-state index in [0.717, 1.165) is 11.1 Å². The largest absolute Gasteiger partial charge is 0.494 e. The second-order valence-corrected chi connectivity index (χ2v) is 9.31. The van der Waals surface area contributed by atoms with Gasteiger partial charge in [0, 0.05) is 6.42 Å². The highest BCUT2D eigenvalue weighted by atomic mass is 16.5.